The lowest BCUT2D eigenvalue weighted by Gasteiger charge is -2.32. The first kappa shape index (κ1) is 17.1. The van der Waals surface area contributed by atoms with E-state index in [-0.39, 0.29) is 36.9 Å². The van der Waals surface area contributed by atoms with E-state index < -0.39 is 10.0 Å². The number of nitrogens with zero attached hydrogens (tertiary/aromatic N) is 1. The van der Waals surface area contributed by atoms with Gasteiger partial charge in [-0.15, -0.1) is 12.4 Å². The summed E-state index contributed by atoms with van der Waals surface area (Å²) in [5.41, 5.74) is 0. The van der Waals surface area contributed by atoms with Gasteiger partial charge in [0.15, 0.2) is 0 Å². The molecule has 1 aliphatic rings. The van der Waals surface area contributed by atoms with Crippen LogP contribution in [0.4, 0.5) is 0 Å². The molecule has 1 rings (SSSR count). The third-order valence-corrected chi connectivity index (χ3v) is 4.53. The SMILES string of the molecule is CC(C)OCCS(=O)(=O)N1CCNC[C@@H]1C.Cl. The van der Waals surface area contributed by atoms with Crippen LogP contribution in [0.15, 0.2) is 0 Å². The van der Waals surface area contributed by atoms with Crippen LogP contribution in [0.3, 0.4) is 0 Å². The molecule has 1 heterocycles. The normalized spacial score (nSPS) is 22.5. The number of rotatable bonds is 5. The van der Waals surface area contributed by atoms with E-state index in [1.807, 2.05) is 20.8 Å². The molecular weight excluding hydrogens is 264 g/mol. The molecule has 0 radical (unpaired) electrons. The Kier molecular flexibility index (Phi) is 7.58. The van der Waals surface area contributed by atoms with Gasteiger partial charge in [-0.25, -0.2) is 8.42 Å². The highest BCUT2D eigenvalue weighted by molar-refractivity contribution is 7.89. The molecule has 1 atom stereocenters. The zero-order valence-corrected chi connectivity index (χ0v) is 12.3. The Labute approximate surface area is 110 Å². The molecule has 17 heavy (non-hydrogen) atoms. The third-order valence-electron chi connectivity index (χ3n) is 2.59. The zero-order valence-electron chi connectivity index (χ0n) is 10.7. The van der Waals surface area contributed by atoms with Crippen LogP contribution in [-0.2, 0) is 14.8 Å². The average Bonchev–Trinajstić information content (AvgIpc) is 2.17. The van der Waals surface area contributed by atoms with Crippen molar-refractivity contribution in [2.24, 2.45) is 0 Å². The van der Waals surface area contributed by atoms with Gasteiger partial charge in [-0.05, 0) is 20.8 Å². The van der Waals surface area contributed by atoms with Gasteiger partial charge in [0.05, 0.1) is 18.5 Å². The first-order valence-electron chi connectivity index (χ1n) is 5.75. The zero-order chi connectivity index (χ0) is 12.2. The van der Waals surface area contributed by atoms with E-state index in [1.165, 1.54) is 0 Å². The number of hydrogen-bond acceptors (Lipinski definition) is 4. The van der Waals surface area contributed by atoms with Gasteiger partial charge < -0.3 is 10.1 Å². The van der Waals surface area contributed by atoms with Crippen molar-refractivity contribution in [3.8, 4) is 0 Å². The van der Waals surface area contributed by atoms with Gasteiger partial charge in [0.2, 0.25) is 10.0 Å². The van der Waals surface area contributed by atoms with Crippen LogP contribution in [0.1, 0.15) is 20.8 Å². The highest BCUT2D eigenvalue weighted by atomic mass is 35.5. The molecular formula is C10H23ClN2O3S. The Morgan fingerprint density at radius 1 is 1.47 bits per heavy atom. The molecule has 1 fully saturated rings. The minimum absolute atomic E-state index is 0. The summed E-state index contributed by atoms with van der Waals surface area (Å²) in [5.74, 6) is 0.0789. The van der Waals surface area contributed by atoms with Crippen molar-refractivity contribution in [1.82, 2.24) is 9.62 Å². The van der Waals surface area contributed by atoms with E-state index in [4.69, 9.17) is 4.74 Å². The molecule has 1 N–H and O–H groups in total. The minimum atomic E-state index is -3.16. The van der Waals surface area contributed by atoms with Crippen LogP contribution in [0.2, 0.25) is 0 Å². The van der Waals surface area contributed by atoms with Gasteiger partial charge in [-0.1, -0.05) is 0 Å². The molecule has 1 aliphatic heterocycles. The maximum absolute atomic E-state index is 12.0. The number of ether oxygens (including phenoxy) is 1. The van der Waals surface area contributed by atoms with E-state index in [0.717, 1.165) is 13.1 Å². The molecule has 0 aromatic carbocycles. The Hall–Kier alpha value is 0.120. The highest BCUT2D eigenvalue weighted by Crippen LogP contribution is 2.10. The molecule has 0 amide bonds. The molecule has 5 nitrogen and oxygen atoms in total. The van der Waals surface area contributed by atoms with Crippen LogP contribution in [-0.4, -0.2) is 56.9 Å². The molecule has 7 heteroatoms. The molecule has 0 saturated carbocycles. The summed E-state index contributed by atoms with van der Waals surface area (Å²) >= 11 is 0. The Bertz CT molecular complexity index is 309. The van der Waals surface area contributed by atoms with Crippen LogP contribution >= 0.6 is 12.4 Å². The molecule has 0 aliphatic carbocycles. The number of sulfonamides is 1. The van der Waals surface area contributed by atoms with Crippen molar-refractivity contribution < 1.29 is 13.2 Å². The van der Waals surface area contributed by atoms with Gasteiger partial charge in [-0.2, -0.15) is 4.31 Å². The largest absolute Gasteiger partial charge is 0.378 e. The van der Waals surface area contributed by atoms with E-state index in [0.29, 0.717) is 6.54 Å². The van der Waals surface area contributed by atoms with Crippen molar-refractivity contribution in [1.29, 1.82) is 0 Å². The first-order valence-corrected chi connectivity index (χ1v) is 7.36. The average molecular weight is 287 g/mol. The minimum Gasteiger partial charge on any atom is -0.378 e. The Morgan fingerprint density at radius 3 is 2.65 bits per heavy atom. The molecule has 0 spiro atoms. The van der Waals surface area contributed by atoms with Crippen molar-refractivity contribution in [2.45, 2.75) is 32.9 Å². The summed E-state index contributed by atoms with van der Waals surface area (Å²) in [4.78, 5) is 0. The fourth-order valence-corrected chi connectivity index (χ4v) is 3.28. The second-order valence-electron chi connectivity index (χ2n) is 4.40. The molecule has 1 saturated heterocycles. The van der Waals surface area contributed by atoms with E-state index >= 15 is 0 Å². The number of halogens is 1. The summed E-state index contributed by atoms with van der Waals surface area (Å²) in [5, 5.41) is 3.17. The molecule has 0 unspecified atom stereocenters. The molecule has 0 bridgehead atoms. The number of hydrogen-bond donors (Lipinski definition) is 1. The smallest absolute Gasteiger partial charge is 0.216 e. The van der Waals surface area contributed by atoms with E-state index in [2.05, 4.69) is 5.32 Å². The van der Waals surface area contributed by atoms with Crippen molar-refractivity contribution in [3.63, 3.8) is 0 Å². The second-order valence-corrected chi connectivity index (χ2v) is 6.44. The summed E-state index contributed by atoms with van der Waals surface area (Å²) < 4.78 is 30.9. The van der Waals surface area contributed by atoms with Gasteiger partial charge in [-0.3, -0.25) is 0 Å². The predicted octanol–water partition coefficient (Wildman–Crippen LogP) is 0.457. The number of piperazine rings is 1. The fraction of sp³-hybridized carbons (Fsp3) is 1.00. The highest BCUT2D eigenvalue weighted by Gasteiger charge is 2.28. The summed E-state index contributed by atoms with van der Waals surface area (Å²) in [6.07, 6.45) is 0.0793. The Balaban J connectivity index is 0.00000256. The van der Waals surface area contributed by atoms with Crippen LogP contribution < -0.4 is 5.32 Å². The predicted molar refractivity (Wildman–Crippen MR) is 71.2 cm³/mol. The fourth-order valence-electron chi connectivity index (χ4n) is 1.74. The maximum atomic E-state index is 12.0. The van der Waals surface area contributed by atoms with Gasteiger partial charge >= 0.3 is 0 Å². The van der Waals surface area contributed by atoms with Crippen molar-refractivity contribution in [2.75, 3.05) is 32.0 Å². The van der Waals surface area contributed by atoms with E-state index in [1.54, 1.807) is 4.31 Å². The van der Waals surface area contributed by atoms with Gasteiger partial charge in [0.1, 0.15) is 0 Å². The Morgan fingerprint density at radius 2 is 2.12 bits per heavy atom. The van der Waals surface area contributed by atoms with Crippen LogP contribution in [0.5, 0.6) is 0 Å². The molecule has 104 valence electrons. The van der Waals surface area contributed by atoms with Crippen molar-refractivity contribution in [3.05, 3.63) is 0 Å². The molecule has 0 aromatic rings. The number of nitrogens with one attached hydrogen (secondary N) is 1. The second kappa shape index (κ2) is 7.53. The maximum Gasteiger partial charge on any atom is 0.216 e. The quantitative estimate of drug-likeness (QED) is 0.798. The topological polar surface area (TPSA) is 58.6 Å². The summed E-state index contributed by atoms with van der Waals surface area (Å²) in [6, 6.07) is 0.0396. The summed E-state index contributed by atoms with van der Waals surface area (Å²) in [7, 11) is -3.16. The van der Waals surface area contributed by atoms with Gasteiger partial charge in [0, 0.05) is 25.7 Å². The summed E-state index contributed by atoms with van der Waals surface area (Å²) in [6.45, 7) is 8.02. The molecule has 0 aromatic heterocycles. The standard InChI is InChI=1S/C10H22N2O3S.ClH/c1-9(2)15-6-7-16(13,14)12-5-4-11-8-10(12)3;/h9-11H,4-8H2,1-3H3;1H/t10-;/m0./s1. The first-order chi connectivity index (χ1) is 7.43. The monoisotopic (exact) mass is 286 g/mol. The third kappa shape index (κ3) is 5.52. The van der Waals surface area contributed by atoms with E-state index in [9.17, 15) is 8.42 Å². The lowest BCUT2D eigenvalue weighted by molar-refractivity contribution is 0.0904. The van der Waals surface area contributed by atoms with Crippen molar-refractivity contribution >= 4 is 22.4 Å². The van der Waals surface area contributed by atoms with Crippen LogP contribution in [0, 0.1) is 0 Å². The lowest BCUT2D eigenvalue weighted by atomic mass is 10.3. The van der Waals surface area contributed by atoms with Crippen LogP contribution in [0.25, 0.3) is 0 Å². The van der Waals surface area contributed by atoms with Gasteiger partial charge in [0.25, 0.3) is 0 Å². The lowest BCUT2D eigenvalue weighted by Crippen LogP contribution is -2.53.